The molecule has 0 aliphatic carbocycles. The first-order valence-electron chi connectivity index (χ1n) is 13.4. The summed E-state index contributed by atoms with van der Waals surface area (Å²) >= 11 is 2.55. The summed E-state index contributed by atoms with van der Waals surface area (Å²) in [7, 11) is 0. The van der Waals surface area contributed by atoms with E-state index in [9.17, 15) is 19.1 Å². The zero-order valence-corrected chi connectivity index (χ0v) is 24.4. The number of ether oxygens (including phenoxy) is 2. The lowest BCUT2D eigenvalue weighted by atomic mass is 9.94. The molecule has 1 saturated heterocycles. The second-order valence-electron chi connectivity index (χ2n) is 9.90. The first-order valence-corrected chi connectivity index (χ1v) is 15.2. The maximum absolute atomic E-state index is 13.6. The van der Waals surface area contributed by atoms with Crippen molar-refractivity contribution in [3.05, 3.63) is 100 Å². The van der Waals surface area contributed by atoms with Gasteiger partial charge in [0.1, 0.15) is 29.2 Å². The average molecular weight is 604 g/mol. The topological polar surface area (TPSA) is 102 Å². The molecule has 0 radical (unpaired) electrons. The highest BCUT2D eigenvalue weighted by Gasteiger charge is 2.48. The third-order valence-electron chi connectivity index (χ3n) is 6.98. The fourth-order valence-electron chi connectivity index (χ4n) is 5.10. The van der Waals surface area contributed by atoms with Gasteiger partial charge in [0.2, 0.25) is 5.13 Å². The van der Waals surface area contributed by atoms with Gasteiger partial charge in [0.25, 0.3) is 5.78 Å². The van der Waals surface area contributed by atoms with Gasteiger partial charge in [0.05, 0.1) is 18.2 Å². The number of carbonyl (C=O) groups excluding carboxylic acids is 2. The van der Waals surface area contributed by atoms with E-state index in [0.29, 0.717) is 40.0 Å². The van der Waals surface area contributed by atoms with Crippen molar-refractivity contribution in [2.24, 2.45) is 0 Å². The van der Waals surface area contributed by atoms with Gasteiger partial charge in [-0.15, -0.1) is 10.2 Å². The maximum atomic E-state index is 13.6. The minimum atomic E-state index is -0.961. The number of carbonyl (C=O) groups is 2. The smallest absolute Gasteiger partial charge is 0.301 e. The SMILES string of the molecule is CCOc1cccc([C@@H]2/C(=C(\O)c3ccc4c(c3)C[C@@H](C)O4)C(=O)C(=O)N2c2nnc(SCc3ccc(F)cc3)s2)c1. The highest BCUT2D eigenvalue weighted by atomic mass is 32.2. The fraction of sp³-hybridized carbons (Fsp3) is 0.226. The van der Waals surface area contributed by atoms with Gasteiger partial charge in [-0.1, -0.05) is 47.4 Å². The molecular formula is C31H26FN3O5S2. The molecule has 1 fully saturated rings. The van der Waals surface area contributed by atoms with Crippen molar-refractivity contribution in [3.63, 3.8) is 0 Å². The van der Waals surface area contributed by atoms with Crippen molar-refractivity contribution in [3.8, 4) is 11.5 Å². The second kappa shape index (κ2) is 11.6. The van der Waals surface area contributed by atoms with Crippen molar-refractivity contribution in [1.29, 1.82) is 0 Å². The molecule has 214 valence electrons. The number of benzene rings is 3. The molecule has 0 unspecified atom stereocenters. The molecule has 4 aromatic rings. The van der Waals surface area contributed by atoms with E-state index in [1.807, 2.05) is 13.8 Å². The van der Waals surface area contributed by atoms with Crippen LogP contribution in [0.1, 0.15) is 42.1 Å². The molecule has 3 aromatic carbocycles. The Morgan fingerprint density at radius 2 is 1.95 bits per heavy atom. The number of hydrogen-bond donors (Lipinski definition) is 1. The van der Waals surface area contributed by atoms with Crippen LogP contribution in [0.4, 0.5) is 9.52 Å². The van der Waals surface area contributed by atoms with Crippen LogP contribution < -0.4 is 14.4 Å². The number of aliphatic hydroxyl groups is 1. The van der Waals surface area contributed by atoms with Gasteiger partial charge in [0.15, 0.2) is 4.34 Å². The normalized spacial score (nSPS) is 19.2. The van der Waals surface area contributed by atoms with E-state index in [-0.39, 0.29) is 28.4 Å². The van der Waals surface area contributed by atoms with Crippen LogP contribution in [0.25, 0.3) is 5.76 Å². The Bertz CT molecular complexity index is 1700. The summed E-state index contributed by atoms with van der Waals surface area (Å²) in [5, 5.41) is 20.3. The van der Waals surface area contributed by atoms with Crippen LogP contribution in [0.2, 0.25) is 0 Å². The lowest BCUT2D eigenvalue weighted by Crippen LogP contribution is -2.29. The van der Waals surface area contributed by atoms with Crippen molar-refractivity contribution >= 4 is 45.7 Å². The van der Waals surface area contributed by atoms with Crippen LogP contribution in [0.3, 0.4) is 0 Å². The van der Waals surface area contributed by atoms with Gasteiger partial charge in [-0.3, -0.25) is 14.5 Å². The van der Waals surface area contributed by atoms with Crippen molar-refractivity contribution < 1.29 is 28.6 Å². The van der Waals surface area contributed by atoms with E-state index in [0.717, 1.165) is 28.2 Å². The molecular weight excluding hydrogens is 577 g/mol. The van der Waals surface area contributed by atoms with Gasteiger partial charge in [0, 0.05) is 17.7 Å². The summed E-state index contributed by atoms with van der Waals surface area (Å²) in [5.41, 5.74) is 2.78. The van der Waals surface area contributed by atoms with Crippen molar-refractivity contribution in [2.75, 3.05) is 11.5 Å². The van der Waals surface area contributed by atoms with E-state index in [1.54, 1.807) is 54.6 Å². The van der Waals surface area contributed by atoms with Crippen LogP contribution in [-0.2, 0) is 21.8 Å². The molecule has 0 spiro atoms. The van der Waals surface area contributed by atoms with Crippen molar-refractivity contribution in [1.82, 2.24) is 10.2 Å². The predicted molar refractivity (Wildman–Crippen MR) is 158 cm³/mol. The zero-order chi connectivity index (χ0) is 29.4. The monoisotopic (exact) mass is 603 g/mol. The van der Waals surface area contributed by atoms with Gasteiger partial charge in [-0.2, -0.15) is 0 Å². The summed E-state index contributed by atoms with van der Waals surface area (Å²) in [6, 6.07) is 17.6. The molecule has 0 saturated carbocycles. The van der Waals surface area contributed by atoms with E-state index < -0.39 is 17.7 Å². The predicted octanol–water partition coefficient (Wildman–Crippen LogP) is 6.32. The highest BCUT2D eigenvalue weighted by molar-refractivity contribution is 8.00. The molecule has 8 nitrogen and oxygen atoms in total. The van der Waals surface area contributed by atoms with Crippen molar-refractivity contribution in [2.45, 2.75) is 42.5 Å². The van der Waals surface area contributed by atoms with E-state index >= 15 is 0 Å². The number of rotatable bonds is 8. The quantitative estimate of drug-likeness (QED) is 0.0821. The number of aliphatic hydroxyl groups excluding tert-OH is 1. The Morgan fingerprint density at radius 3 is 2.74 bits per heavy atom. The van der Waals surface area contributed by atoms with Gasteiger partial charge in [-0.05, 0) is 73.0 Å². The number of fused-ring (bicyclic) bond motifs is 1. The molecule has 2 aliphatic heterocycles. The average Bonchev–Trinajstić information content (AvgIpc) is 3.67. The Labute approximate surface area is 249 Å². The molecule has 3 heterocycles. The summed E-state index contributed by atoms with van der Waals surface area (Å²) < 4.78 is 25.3. The third kappa shape index (κ3) is 5.37. The summed E-state index contributed by atoms with van der Waals surface area (Å²) in [6.07, 6.45) is 0.685. The Kier molecular flexibility index (Phi) is 7.70. The van der Waals surface area contributed by atoms with Gasteiger partial charge in [-0.25, -0.2) is 4.39 Å². The molecule has 1 N–H and O–H groups in total. The maximum Gasteiger partial charge on any atom is 0.301 e. The van der Waals surface area contributed by atoms with E-state index in [1.165, 1.54) is 28.8 Å². The number of nitrogens with zero attached hydrogens (tertiary/aromatic N) is 3. The third-order valence-corrected chi connectivity index (χ3v) is 9.10. The number of Topliss-reactive ketones (excluding diaryl/α,β-unsaturated/α-hetero) is 1. The largest absolute Gasteiger partial charge is 0.507 e. The summed E-state index contributed by atoms with van der Waals surface area (Å²) in [4.78, 5) is 28.4. The van der Waals surface area contributed by atoms with E-state index in [2.05, 4.69) is 10.2 Å². The number of thioether (sulfide) groups is 1. The van der Waals surface area contributed by atoms with Crippen LogP contribution in [0.15, 0.2) is 76.6 Å². The van der Waals surface area contributed by atoms with Crippen LogP contribution >= 0.6 is 23.1 Å². The molecule has 1 amide bonds. The summed E-state index contributed by atoms with van der Waals surface area (Å²) in [6.45, 7) is 4.26. The second-order valence-corrected chi connectivity index (χ2v) is 12.1. The fourth-order valence-corrected chi connectivity index (χ4v) is 6.92. The Balaban J connectivity index is 1.39. The van der Waals surface area contributed by atoms with Gasteiger partial charge >= 0.3 is 5.91 Å². The lowest BCUT2D eigenvalue weighted by molar-refractivity contribution is -0.132. The van der Waals surface area contributed by atoms with Gasteiger partial charge < -0.3 is 14.6 Å². The van der Waals surface area contributed by atoms with Crippen LogP contribution in [0.5, 0.6) is 11.5 Å². The molecule has 2 atom stereocenters. The molecule has 1 aromatic heterocycles. The Hall–Kier alpha value is -4.22. The minimum Gasteiger partial charge on any atom is -0.507 e. The standard InChI is InChI=1S/C31H26FN3O5S2/c1-3-39-23-6-4-5-19(15-23)26-25(27(36)20-9-12-24-21(14-20)13-17(2)40-24)28(37)29(38)35(26)30-33-34-31(42-30)41-16-18-7-10-22(32)11-8-18/h4-12,14-15,17,26,36H,3,13,16H2,1-2H3/b27-25+/t17-,26-/m1/s1. The number of aromatic nitrogens is 2. The van der Waals surface area contributed by atoms with Crippen LogP contribution in [0, 0.1) is 5.82 Å². The zero-order valence-electron chi connectivity index (χ0n) is 22.7. The van der Waals surface area contributed by atoms with Crippen LogP contribution in [-0.4, -0.2) is 39.7 Å². The number of halogens is 1. The number of anilines is 1. The number of ketones is 1. The molecule has 11 heteroatoms. The molecule has 0 bridgehead atoms. The first kappa shape index (κ1) is 27.9. The minimum absolute atomic E-state index is 0.0109. The lowest BCUT2D eigenvalue weighted by Gasteiger charge is -2.23. The van der Waals surface area contributed by atoms with E-state index in [4.69, 9.17) is 9.47 Å². The molecule has 6 rings (SSSR count). The highest BCUT2D eigenvalue weighted by Crippen LogP contribution is 2.45. The summed E-state index contributed by atoms with van der Waals surface area (Å²) in [5.74, 6) is -0.396. The number of amides is 1. The Morgan fingerprint density at radius 1 is 1.14 bits per heavy atom. The molecule has 2 aliphatic rings. The molecule has 42 heavy (non-hydrogen) atoms. The number of hydrogen-bond acceptors (Lipinski definition) is 9. The first-order chi connectivity index (χ1) is 20.3.